The van der Waals surface area contributed by atoms with Gasteiger partial charge in [-0.05, 0) is 43.2 Å². The average Bonchev–Trinajstić information content (AvgIpc) is 3.42. The SMILES string of the molecule is C=CC(=O)N[C@H]1CCCN(c2ccc(C(F)(F)F)c(C3=C(c4c[nH]c5ccccc45)C(=O)NC3=O)c2)C1. The predicted octanol–water partition coefficient (Wildman–Crippen LogP) is 4.02. The number of hydrogen-bond donors (Lipinski definition) is 3. The number of anilines is 1. The summed E-state index contributed by atoms with van der Waals surface area (Å²) in [5.41, 5.74) is -0.330. The van der Waals surface area contributed by atoms with Crippen molar-refractivity contribution in [2.45, 2.75) is 25.1 Å². The third-order valence-corrected chi connectivity index (χ3v) is 6.69. The quantitative estimate of drug-likeness (QED) is 0.359. The van der Waals surface area contributed by atoms with Gasteiger partial charge in [-0.2, -0.15) is 13.2 Å². The Morgan fingerprint density at radius 2 is 1.81 bits per heavy atom. The van der Waals surface area contributed by atoms with Crippen LogP contribution in [0.15, 0.2) is 61.3 Å². The zero-order valence-corrected chi connectivity index (χ0v) is 19.6. The van der Waals surface area contributed by atoms with E-state index in [0.29, 0.717) is 41.7 Å². The van der Waals surface area contributed by atoms with Crippen molar-refractivity contribution in [3.63, 3.8) is 0 Å². The molecule has 1 fully saturated rings. The number of alkyl halides is 3. The van der Waals surface area contributed by atoms with E-state index in [1.807, 2.05) is 4.90 Å². The van der Waals surface area contributed by atoms with Crippen molar-refractivity contribution in [2.75, 3.05) is 18.0 Å². The number of benzene rings is 2. The van der Waals surface area contributed by atoms with Crippen LogP contribution in [0.3, 0.4) is 0 Å². The number of carbonyl (C=O) groups excluding carboxylic acids is 3. The van der Waals surface area contributed by atoms with Crippen LogP contribution < -0.4 is 15.5 Å². The molecule has 3 N–H and O–H groups in total. The summed E-state index contributed by atoms with van der Waals surface area (Å²) in [5.74, 6) is -1.97. The molecule has 37 heavy (non-hydrogen) atoms. The van der Waals surface area contributed by atoms with Crippen LogP contribution in [0.2, 0.25) is 0 Å². The number of imide groups is 1. The van der Waals surface area contributed by atoms with E-state index in [4.69, 9.17) is 0 Å². The number of fused-ring (bicyclic) bond motifs is 1. The van der Waals surface area contributed by atoms with Crippen LogP contribution in [-0.4, -0.2) is 41.8 Å². The molecule has 2 aromatic carbocycles. The fourth-order valence-corrected chi connectivity index (χ4v) is 5.02. The molecule has 2 aliphatic rings. The molecule has 1 atom stereocenters. The van der Waals surface area contributed by atoms with Crippen molar-refractivity contribution >= 4 is 45.5 Å². The van der Waals surface area contributed by atoms with Gasteiger partial charge in [0.1, 0.15) is 0 Å². The van der Waals surface area contributed by atoms with Crippen LogP contribution in [0.1, 0.15) is 29.5 Å². The van der Waals surface area contributed by atoms with Crippen LogP contribution in [-0.2, 0) is 20.6 Å². The number of rotatable bonds is 5. The molecule has 1 aromatic heterocycles. The second-order valence-electron chi connectivity index (χ2n) is 9.01. The number of nitrogens with one attached hydrogen (secondary N) is 3. The minimum absolute atomic E-state index is 0.111. The van der Waals surface area contributed by atoms with Crippen LogP contribution in [0.4, 0.5) is 18.9 Å². The minimum Gasteiger partial charge on any atom is -0.369 e. The maximum Gasteiger partial charge on any atom is 0.417 e. The monoisotopic (exact) mass is 508 g/mol. The summed E-state index contributed by atoms with van der Waals surface area (Å²) < 4.78 is 42.5. The van der Waals surface area contributed by atoms with Gasteiger partial charge < -0.3 is 15.2 Å². The number of piperidine rings is 1. The molecule has 3 amide bonds. The molecule has 1 saturated heterocycles. The first-order valence-corrected chi connectivity index (χ1v) is 11.7. The Morgan fingerprint density at radius 1 is 1.08 bits per heavy atom. The normalized spacial score (nSPS) is 18.4. The number of nitrogens with zero attached hydrogens (tertiary/aromatic N) is 1. The van der Waals surface area contributed by atoms with Gasteiger partial charge >= 0.3 is 6.18 Å². The molecule has 0 radical (unpaired) electrons. The lowest BCUT2D eigenvalue weighted by atomic mass is 9.91. The molecule has 0 bridgehead atoms. The Labute approximate surface area is 210 Å². The first-order chi connectivity index (χ1) is 17.7. The first-order valence-electron chi connectivity index (χ1n) is 11.7. The van der Waals surface area contributed by atoms with Crippen molar-refractivity contribution in [3.8, 4) is 0 Å². The van der Waals surface area contributed by atoms with E-state index in [0.717, 1.165) is 12.5 Å². The largest absolute Gasteiger partial charge is 0.417 e. The van der Waals surface area contributed by atoms with Crippen molar-refractivity contribution in [1.29, 1.82) is 0 Å². The van der Waals surface area contributed by atoms with Crippen molar-refractivity contribution in [1.82, 2.24) is 15.6 Å². The molecule has 2 aliphatic heterocycles. The van der Waals surface area contributed by atoms with Gasteiger partial charge in [0.2, 0.25) is 5.91 Å². The van der Waals surface area contributed by atoms with Crippen LogP contribution in [0, 0.1) is 0 Å². The standard InChI is InChI=1S/C27H23F3N4O3/c1-2-22(35)32-15-6-5-11-34(14-15)16-9-10-20(27(28,29)30)18(12-16)23-24(26(37)33-25(23)36)19-13-31-21-8-4-3-7-17(19)21/h2-4,7-10,12-13,15,31H,1,5-6,11,14H2,(H,32,35)(H,33,36,37)/t15-/m0/s1. The Morgan fingerprint density at radius 3 is 2.54 bits per heavy atom. The Balaban J connectivity index is 1.65. The van der Waals surface area contributed by atoms with Gasteiger partial charge in [0.05, 0.1) is 16.7 Å². The number of amides is 3. The van der Waals surface area contributed by atoms with Gasteiger partial charge in [0, 0.05) is 53.0 Å². The molecule has 0 aliphatic carbocycles. The third-order valence-electron chi connectivity index (χ3n) is 6.69. The third kappa shape index (κ3) is 4.50. The lowest BCUT2D eigenvalue weighted by Crippen LogP contribution is -2.47. The zero-order chi connectivity index (χ0) is 26.3. The Kier molecular flexibility index (Phi) is 6.10. The van der Waals surface area contributed by atoms with Crippen LogP contribution >= 0.6 is 0 Å². The van der Waals surface area contributed by atoms with Crippen molar-refractivity contribution in [3.05, 3.63) is 78.0 Å². The number of carbonyl (C=O) groups is 3. The summed E-state index contributed by atoms with van der Waals surface area (Å²) in [4.78, 5) is 42.5. The molecule has 3 aromatic rings. The molecule has 0 saturated carbocycles. The number of halogens is 3. The molecular formula is C27H23F3N4O3. The maximum atomic E-state index is 14.2. The topological polar surface area (TPSA) is 94.3 Å². The molecular weight excluding hydrogens is 485 g/mol. The smallest absolute Gasteiger partial charge is 0.369 e. The highest BCUT2D eigenvalue weighted by Gasteiger charge is 2.40. The maximum absolute atomic E-state index is 14.2. The summed E-state index contributed by atoms with van der Waals surface area (Å²) in [7, 11) is 0. The number of aromatic amines is 1. The number of para-hydroxylation sites is 1. The predicted molar refractivity (Wildman–Crippen MR) is 133 cm³/mol. The zero-order valence-electron chi connectivity index (χ0n) is 19.6. The fraction of sp³-hybridized carbons (Fsp3) is 0.222. The summed E-state index contributed by atoms with van der Waals surface area (Å²) in [6.07, 6.45) is -0.645. The van der Waals surface area contributed by atoms with E-state index >= 15 is 0 Å². The molecule has 5 rings (SSSR count). The van der Waals surface area contributed by atoms with Gasteiger partial charge in [-0.15, -0.1) is 0 Å². The molecule has 0 unspecified atom stereocenters. The second-order valence-corrected chi connectivity index (χ2v) is 9.01. The van der Waals surface area contributed by atoms with Gasteiger partial charge in [-0.25, -0.2) is 0 Å². The highest BCUT2D eigenvalue weighted by molar-refractivity contribution is 6.50. The second kappa shape index (κ2) is 9.27. The van der Waals surface area contributed by atoms with Crippen LogP contribution in [0.25, 0.3) is 22.0 Å². The molecule has 10 heteroatoms. The Bertz CT molecular complexity index is 1470. The van der Waals surface area contributed by atoms with Gasteiger partial charge in [0.25, 0.3) is 11.8 Å². The van der Waals surface area contributed by atoms with Crippen molar-refractivity contribution in [2.24, 2.45) is 0 Å². The summed E-state index contributed by atoms with van der Waals surface area (Å²) in [6.45, 7) is 4.39. The lowest BCUT2D eigenvalue weighted by Gasteiger charge is -2.35. The average molecular weight is 509 g/mol. The van der Waals surface area contributed by atoms with E-state index < -0.39 is 23.6 Å². The molecule has 0 spiro atoms. The number of H-pyrrole nitrogens is 1. The van der Waals surface area contributed by atoms with E-state index in [1.54, 1.807) is 24.3 Å². The van der Waals surface area contributed by atoms with E-state index in [1.165, 1.54) is 24.4 Å². The van der Waals surface area contributed by atoms with Crippen LogP contribution in [0.5, 0.6) is 0 Å². The van der Waals surface area contributed by atoms with Crippen molar-refractivity contribution < 1.29 is 27.6 Å². The van der Waals surface area contributed by atoms with E-state index in [-0.39, 0.29) is 28.7 Å². The van der Waals surface area contributed by atoms with Gasteiger partial charge in [0.15, 0.2) is 0 Å². The van der Waals surface area contributed by atoms with E-state index in [9.17, 15) is 27.6 Å². The summed E-state index contributed by atoms with van der Waals surface area (Å²) in [6, 6.07) is 10.4. The minimum atomic E-state index is -4.76. The summed E-state index contributed by atoms with van der Waals surface area (Å²) >= 11 is 0. The van der Waals surface area contributed by atoms with Gasteiger partial charge in [-0.3, -0.25) is 19.7 Å². The molecule has 3 heterocycles. The fourth-order valence-electron chi connectivity index (χ4n) is 5.02. The van der Waals surface area contributed by atoms with E-state index in [2.05, 4.69) is 22.2 Å². The molecule has 7 nitrogen and oxygen atoms in total. The first kappa shape index (κ1) is 24.4. The molecule has 190 valence electrons. The summed E-state index contributed by atoms with van der Waals surface area (Å²) in [5, 5.41) is 5.62. The Hall–Kier alpha value is -4.34. The number of aromatic nitrogens is 1. The highest BCUT2D eigenvalue weighted by atomic mass is 19.4. The lowest BCUT2D eigenvalue weighted by molar-refractivity contribution is -0.137. The number of hydrogen-bond acceptors (Lipinski definition) is 4. The highest BCUT2D eigenvalue weighted by Crippen LogP contribution is 2.42. The van der Waals surface area contributed by atoms with Gasteiger partial charge in [-0.1, -0.05) is 24.8 Å².